The van der Waals surface area contributed by atoms with Gasteiger partial charge in [0, 0.05) is 30.6 Å². The normalized spacial score (nSPS) is 27.8. The summed E-state index contributed by atoms with van der Waals surface area (Å²) in [5.41, 5.74) is 6.14. The molecular formula is C16H26N4S. The Morgan fingerprint density at radius 2 is 2.29 bits per heavy atom. The Balaban J connectivity index is 1.68. The highest BCUT2D eigenvalue weighted by Crippen LogP contribution is 2.37. The van der Waals surface area contributed by atoms with Gasteiger partial charge in [-0.3, -0.25) is 9.89 Å². The lowest BCUT2D eigenvalue weighted by Gasteiger charge is -2.38. The molecule has 4 nitrogen and oxygen atoms in total. The SMILES string of the molecule is CN1CCCC(CN=C(N)N(C)C2CC2)C1c1cccs1. The lowest BCUT2D eigenvalue weighted by atomic mass is 9.88. The van der Waals surface area contributed by atoms with Crippen molar-refractivity contribution in [1.29, 1.82) is 0 Å². The highest BCUT2D eigenvalue weighted by atomic mass is 32.1. The second kappa shape index (κ2) is 6.36. The largest absolute Gasteiger partial charge is 0.370 e. The molecule has 2 atom stereocenters. The van der Waals surface area contributed by atoms with Gasteiger partial charge >= 0.3 is 0 Å². The standard InChI is InChI=1S/C16H26N4S/c1-19-9-3-5-12(15(19)14-6-4-10-21-14)11-18-16(17)20(2)13-7-8-13/h4,6,10,12-13,15H,3,5,7-9,11H2,1-2H3,(H2,17,18). The summed E-state index contributed by atoms with van der Waals surface area (Å²) in [5, 5.41) is 2.17. The maximum absolute atomic E-state index is 6.14. The van der Waals surface area contributed by atoms with Gasteiger partial charge < -0.3 is 10.6 Å². The minimum Gasteiger partial charge on any atom is -0.370 e. The van der Waals surface area contributed by atoms with Crippen molar-refractivity contribution in [3.8, 4) is 0 Å². The Morgan fingerprint density at radius 3 is 2.95 bits per heavy atom. The number of hydrogen-bond donors (Lipinski definition) is 1. The number of hydrogen-bond acceptors (Lipinski definition) is 3. The first kappa shape index (κ1) is 14.9. The van der Waals surface area contributed by atoms with Gasteiger partial charge in [-0.1, -0.05) is 6.07 Å². The molecule has 1 aromatic heterocycles. The molecule has 3 rings (SSSR count). The quantitative estimate of drug-likeness (QED) is 0.687. The van der Waals surface area contributed by atoms with Crippen molar-refractivity contribution in [3.05, 3.63) is 22.4 Å². The molecule has 116 valence electrons. The van der Waals surface area contributed by atoms with Crippen molar-refractivity contribution >= 4 is 17.3 Å². The summed E-state index contributed by atoms with van der Waals surface area (Å²) in [7, 11) is 4.31. The van der Waals surface area contributed by atoms with E-state index in [1.165, 1.54) is 37.1 Å². The molecule has 0 bridgehead atoms. The maximum atomic E-state index is 6.14. The van der Waals surface area contributed by atoms with E-state index in [2.05, 4.69) is 41.4 Å². The van der Waals surface area contributed by atoms with E-state index in [-0.39, 0.29) is 0 Å². The number of aliphatic imine (C=N–C) groups is 1. The fourth-order valence-corrected chi connectivity index (χ4v) is 4.31. The van der Waals surface area contributed by atoms with Crippen LogP contribution in [0.3, 0.4) is 0 Å². The number of nitrogens with two attached hydrogens (primary N) is 1. The molecule has 0 aromatic carbocycles. The monoisotopic (exact) mass is 306 g/mol. The zero-order valence-corrected chi connectivity index (χ0v) is 13.9. The van der Waals surface area contributed by atoms with Gasteiger partial charge in [0.15, 0.2) is 5.96 Å². The second-order valence-electron chi connectivity index (χ2n) is 6.38. The topological polar surface area (TPSA) is 44.9 Å². The van der Waals surface area contributed by atoms with Crippen molar-refractivity contribution in [1.82, 2.24) is 9.80 Å². The highest BCUT2D eigenvalue weighted by molar-refractivity contribution is 7.10. The van der Waals surface area contributed by atoms with E-state index in [0.717, 1.165) is 12.5 Å². The predicted octanol–water partition coefficient (Wildman–Crippen LogP) is 2.54. The van der Waals surface area contributed by atoms with Crippen LogP contribution in [0.2, 0.25) is 0 Å². The molecule has 1 saturated carbocycles. The van der Waals surface area contributed by atoms with Gasteiger partial charge in [0.2, 0.25) is 0 Å². The van der Waals surface area contributed by atoms with Gasteiger partial charge in [0.1, 0.15) is 0 Å². The van der Waals surface area contributed by atoms with E-state index >= 15 is 0 Å². The summed E-state index contributed by atoms with van der Waals surface area (Å²) < 4.78 is 0. The van der Waals surface area contributed by atoms with E-state index in [9.17, 15) is 0 Å². The Labute approximate surface area is 131 Å². The van der Waals surface area contributed by atoms with Crippen molar-refractivity contribution in [2.75, 3.05) is 27.2 Å². The van der Waals surface area contributed by atoms with Crippen LogP contribution in [0.15, 0.2) is 22.5 Å². The smallest absolute Gasteiger partial charge is 0.191 e. The van der Waals surface area contributed by atoms with Crippen molar-refractivity contribution in [2.45, 2.75) is 37.8 Å². The third kappa shape index (κ3) is 3.40. The highest BCUT2D eigenvalue weighted by Gasteiger charge is 2.32. The van der Waals surface area contributed by atoms with Crippen LogP contribution in [0.1, 0.15) is 36.6 Å². The fraction of sp³-hybridized carbons (Fsp3) is 0.688. The van der Waals surface area contributed by atoms with Crippen LogP contribution in [0, 0.1) is 5.92 Å². The molecule has 1 aromatic rings. The summed E-state index contributed by atoms with van der Waals surface area (Å²) in [6.07, 6.45) is 5.03. The minimum absolute atomic E-state index is 0.501. The number of likely N-dealkylation sites (tertiary alicyclic amines) is 1. The lowest BCUT2D eigenvalue weighted by molar-refractivity contribution is 0.128. The summed E-state index contributed by atoms with van der Waals surface area (Å²) in [4.78, 5) is 10.8. The molecule has 0 spiro atoms. The van der Waals surface area contributed by atoms with Gasteiger partial charge in [-0.2, -0.15) is 0 Å². The van der Waals surface area contributed by atoms with Crippen LogP contribution in [0.25, 0.3) is 0 Å². The van der Waals surface area contributed by atoms with Crippen LogP contribution in [0.4, 0.5) is 0 Å². The zero-order chi connectivity index (χ0) is 14.8. The Kier molecular flexibility index (Phi) is 4.50. The summed E-state index contributed by atoms with van der Waals surface area (Å²) in [6.45, 7) is 2.02. The van der Waals surface area contributed by atoms with E-state index in [0.29, 0.717) is 18.0 Å². The van der Waals surface area contributed by atoms with E-state index < -0.39 is 0 Å². The molecule has 1 aliphatic heterocycles. The van der Waals surface area contributed by atoms with E-state index in [1.807, 2.05) is 11.3 Å². The van der Waals surface area contributed by atoms with E-state index in [4.69, 9.17) is 10.7 Å². The Bertz CT molecular complexity index is 480. The number of guanidine groups is 1. The average Bonchev–Trinajstić information content (AvgIpc) is 3.20. The molecule has 2 N–H and O–H groups in total. The number of nitrogens with zero attached hydrogens (tertiary/aromatic N) is 3. The van der Waals surface area contributed by atoms with Crippen LogP contribution >= 0.6 is 11.3 Å². The van der Waals surface area contributed by atoms with E-state index in [1.54, 1.807) is 0 Å². The predicted molar refractivity (Wildman–Crippen MR) is 89.7 cm³/mol. The van der Waals surface area contributed by atoms with Gasteiger partial charge in [0.25, 0.3) is 0 Å². The summed E-state index contributed by atoms with van der Waals surface area (Å²) in [6, 6.07) is 5.54. The Morgan fingerprint density at radius 1 is 1.48 bits per heavy atom. The zero-order valence-electron chi connectivity index (χ0n) is 13.0. The Hall–Kier alpha value is -1.07. The molecule has 5 heteroatoms. The van der Waals surface area contributed by atoms with Gasteiger partial charge in [-0.15, -0.1) is 11.3 Å². The summed E-state index contributed by atoms with van der Waals surface area (Å²) >= 11 is 1.86. The molecule has 21 heavy (non-hydrogen) atoms. The third-order valence-electron chi connectivity index (χ3n) is 4.79. The number of piperidine rings is 1. The average molecular weight is 306 g/mol. The molecule has 0 amide bonds. The van der Waals surface area contributed by atoms with Gasteiger partial charge in [-0.25, -0.2) is 0 Å². The molecule has 2 fully saturated rings. The first-order chi connectivity index (χ1) is 10.2. The van der Waals surface area contributed by atoms with Crippen molar-refractivity contribution in [3.63, 3.8) is 0 Å². The van der Waals surface area contributed by atoms with Crippen molar-refractivity contribution < 1.29 is 0 Å². The molecule has 2 heterocycles. The fourth-order valence-electron chi connectivity index (χ4n) is 3.33. The van der Waals surface area contributed by atoms with Crippen LogP contribution < -0.4 is 5.73 Å². The minimum atomic E-state index is 0.501. The van der Waals surface area contributed by atoms with Crippen LogP contribution in [-0.4, -0.2) is 49.0 Å². The molecule has 1 saturated heterocycles. The molecule has 2 unspecified atom stereocenters. The number of thiophene rings is 1. The molecule has 0 radical (unpaired) electrons. The molecule has 2 aliphatic rings. The van der Waals surface area contributed by atoms with Crippen LogP contribution in [0.5, 0.6) is 0 Å². The second-order valence-corrected chi connectivity index (χ2v) is 7.36. The van der Waals surface area contributed by atoms with Crippen molar-refractivity contribution in [2.24, 2.45) is 16.6 Å². The molecular weight excluding hydrogens is 280 g/mol. The lowest BCUT2D eigenvalue weighted by Crippen LogP contribution is -2.39. The third-order valence-corrected chi connectivity index (χ3v) is 5.73. The van der Waals surface area contributed by atoms with Crippen LogP contribution in [-0.2, 0) is 0 Å². The molecule has 1 aliphatic carbocycles. The van der Waals surface area contributed by atoms with Gasteiger partial charge in [0.05, 0.1) is 0 Å². The maximum Gasteiger partial charge on any atom is 0.191 e. The number of rotatable bonds is 4. The summed E-state index contributed by atoms with van der Waals surface area (Å²) in [5.74, 6) is 1.30. The first-order valence-corrected chi connectivity index (χ1v) is 8.81. The first-order valence-electron chi connectivity index (χ1n) is 7.93. The van der Waals surface area contributed by atoms with Gasteiger partial charge in [-0.05, 0) is 56.6 Å².